The fourth-order valence-electron chi connectivity index (χ4n) is 2.92. The Bertz CT molecular complexity index is 727. The molecular formula is C19H21ClFKNO3. The van der Waals surface area contributed by atoms with Crippen LogP contribution in [0.1, 0.15) is 29.0 Å². The van der Waals surface area contributed by atoms with Gasteiger partial charge in [0.1, 0.15) is 5.82 Å². The van der Waals surface area contributed by atoms with Crippen molar-refractivity contribution in [3.05, 3.63) is 70.0 Å². The van der Waals surface area contributed by atoms with Gasteiger partial charge < -0.3 is 4.74 Å². The van der Waals surface area contributed by atoms with Crippen LogP contribution in [0.25, 0.3) is 0 Å². The normalized spacial score (nSPS) is 12.8. The average Bonchev–Trinajstić information content (AvgIpc) is 2.60. The zero-order chi connectivity index (χ0) is 18.4. The van der Waals surface area contributed by atoms with Crippen LogP contribution < -0.4 is 5.48 Å². The summed E-state index contributed by atoms with van der Waals surface area (Å²) in [4.78, 5) is 11.6. The van der Waals surface area contributed by atoms with Gasteiger partial charge in [0.05, 0.1) is 12.5 Å². The summed E-state index contributed by atoms with van der Waals surface area (Å²) in [6.07, 6.45) is 0.0979. The fourth-order valence-corrected chi connectivity index (χ4v) is 3.14. The van der Waals surface area contributed by atoms with Gasteiger partial charge in [0.25, 0.3) is 0 Å². The van der Waals surface area contributed by atoms with Crippen molar-refractivity contribution in [1.82, 2.24) is 5.48 Å². The van der Waals surface area contributed by atoms with Gasteiger partial charge in [-0.2, -0.15) is 0 Å². The number of rotatable bonds is 7. The number of hydroxylamine groups is 1. The molecule has 0 bridgehead atoms. The predicted octanol–water partition coefficient (Wildman–Crippen LogP) is 3.64. The maximum absolute atomic E-state index is 13.3. The number of amides is 1. The van der Waals surface area contributed by atoms with Crippen LogP contribution >= 0.6 is 11.6 Å². The summed E-state index contributed by atoms with van der Waals surface area (Å²) >= 11 is 6.02. The zero-order valence-electron chi connectivity index (χ0n) is 15.1. The van der Waals surface area contributed by atoms with Crippen LogP contribution in [0.2, 0.25) is 5.02 Å². The summed E-state index contributed by atoms with van der Waals surface area (Å²) in [6, 6.07) is 11.8. The molecular weight excluding hydrogens is 384 g/mol. The van der Waals surface area contributed by atoms with Crippen molar-refractivity contribution in [2.75, 3.05) is 7.11 Å². The molecule has 0 saturated heterocycles. The summed E-state index contributed by atoms with van der Waals surface area (Å²) in [5, 5.41) is 9.47. The van der Waals surface area contributed by atoms with Gasteiger partial charge in [-0.05, 0) is 54.3 Å². The second kappa shape index (κ2) is 11.5. The largest absolute Gasteiger partial charge is 0.380 e. The summed E-state index contributed by atoms with van der Waals surface area (Å²) in [5.41, 5.74) is 4.58. The first-order chi connectivity index (χ1) is 11.9. The first kappa shape index (κ1) is 23.7. The van der Waals surface area contributed by atoms with Gasteiger partial charge in [-0.25, -0.2) is 9.87 Å². The van der Waals surface area contributed by atoms with Gasteiger partial charge >= 0.3 is 0 Å². The molecule has 0 fully saturated rings. The maximum Gasteiger partial charge on any atom is 0.245 e. The molecule has 1 radical (unpaired) electrons. The third kappa shape index (κ3) is 6.69. The quantitative estimate of drug-likeness (QED) is 0.421. The van der Waals surface area contributed by atoms with Gasteiger partial charge in [0.2, 0.25) is 5.91 Å². The van der Waals surface area contributed by atoms with Gasteiger partial charge in [0, 0.05) is 69.4 Å². The summed E-state index contributed by atoms with van der Waals surface area (Å²) in [6.45, 7) is 1.96. The molecule has 0 saturated carbocycles. The van der Waals surface area contributed by atoms with Gasteiger partial charge in [-0.1, -0.05) is 29.8 Å². The van der Waals surface area contributed by atoms with E-state index in [1.54, 1.807) is 17.6 Å². The number of methoxy groups -OCH3 is 1. The fraction of sp³-hybridized carbons (Fsp3) is 0.316. The van der Waals surface area contributed by atoms with E-state index >= 15 is 0 Å². The van der Waals surface area contributed by atoms with E-state index in [1.807, 2.05) is 25.1 Å². The molecule has 0 spiro atoms. The third-order valence-corrected chi connectivity index (χ3v) is 4.54. The van der Waals surface area contributed by atoms with Crippen molar-refractivity contribution in [1.29, 1.82) is 0 Å². The third-order valence-electron chi connectivity index (χ3n) is 4.31. The van der Waals surface area contributed by atoms with Crippen molar-refractivity contribution in [3.63, 3.8) is 0 Å². The number of nitrogens with one attached hydrogen (secondary N) is 1. The molecule has 0 unspecified atom stereocenters. The van der Waals surface area contributed by atoms with Crippen LogP contribution in [-0.2, 0) is 16.0 Å². The van der Waals surface area contributed by atoms with E-state index in [9.17, 15) is 9.18 Å². The Morgan fingerprint density at radius 1 is 1.27 bits per heavy atom. The Kier molecular flexibility index (Phi) is 10.5. The van der Waals surface area contributed by atoms with E-state index in [0.717, 1.165) is 16.7 Å². The number of carbonyl (C=O) groups is 1. The average molecular weight is 405 g/mol. The number of aryl methyl sites for hydroxylation is 1. The molecule has 7 heteroatoms. The van der Waals surface area contributed by atoms with Crippen molar-refractivity contribution < 1.29 is 19.1 Å². The predicted molar refractivity (Wildman–Crippen MR) is 100 cm³/mol. The van der Waals surface area contributed by atoms with E-state index in [4.69, 9.17) is 21.5 Å². The molecule has 1 amide bonds. The molecule has 2 N–H and O–H groups in total. The number of ether oxygens (including phenoxy) is 1. The molecule has 0 aliphatic rings. The van der Waals surface area contributed by atoms with Crippen molar-refractivity contribution in [2.24, 2.45) is 0 Å². The molecule has 0 aromatic heterocycles. The first-order valence-electron chi connectivity index (χ1n) is 7.90. The Hall–Kier alpha value is -0.314. The Labute approximate surface area is 200 Å². The topological polar surface area (TPSA) is 58.6 Å². The van der Waals surface area contributed by atoms with Crippen molar-refractivity contribution in [3.8, 4) is 0 Å². The smallest absolute Gasteiger partial charge is 0.245 e. The molecule has 2 aromatic rings. The Morgan fingerprint density at radius 3 is 2.46 bits per heavy atom. The number of hydrogen-bond acceptors (Lipinski definition) is 3. The molecule has 0 heterocycles. The van der Waals surface area contributed by atoms with E-state index in [2.05, 4.69) is 0 Å². The molecule has 2 atom stereocenters. The second-order valence-corrected chi connectivity index (χ2v) is 6.38. The zero-order valence-corrected chi connectivity index (χ0v) is 19.0. The molecule has 26 heavy (non-hydrogen) atoms. The first-order valence-corrected chi connectivity index (χ1v) is 8.28. The van der Waals surface area contributed by atoms with Crippen LogP contribution in [0.3, 0.4) is 0 Å². The van der Waals surface area contributed by atoms with E-state index in [-0.39, 0.29) is 69.5 Å². The Balaban J connectivity index is 0.00000338. The monoisotopic (exact) mass is 404 g/mol. The number of benzene rings is 2. The second-order valence-electron chi connectivity index (χ2n) is 5.95. The molecule has 2 aromatic carbocycles. The van der Waals surface area contributed by atoms with Gasteiger partial charge in [0.15, 0.2) is 0 Å². The SMILES string of the molecule is CO[C@H](CC(=O)NO)[C@H](Cc1ccc(Cl)cc1C)c1ccc(F)cc1.[K]. The van der Waals surface area contributed by atoms with Crippen LogP contribution in [0.5, 0.6) is 0 Å². The summed E-state index contributed by atoms with van der Waals surface area (Å²) in [5.74, 6) is -1.05. The van der Waals surface area contributed by atoms with Crippen molar-refractivity contribution >= 4 is 68.9 Å². The van der Waals surface area contributed by atoms with Crippen LogP contribution in [0, 0.1) is 12.7 Å². The minimum Gasteiger partial charge on any atom is -0.380 e. The number of hydrogen-bond donors (Lipinski definition) is 2. The molecule has 135 valence electrons. The number of halogens is 2. The summed E-state index contributed by atoms with van der Waals surface area (Å²) < 4.78 is 18.8. The van der Waals surface area contributed by atoms with E-state index < -0.39 is 12.0 Å². The number of carbonyl (C=O) groups excluding carboxylic acids is 1. The van der Waals surface area contributed by atoms with Crippen molar-refractivity contribution in [2.45, 2.75) is 31.8 Å². The Morgan fingerprint density at radius 2 is 1.92 bits per heavy atom. The minimum atomic E-state index is -0.535. The molecule has 0 aliphatic heterocycles. The van der Waals surface area contributed by atoms with E-state index in [0.29, 0.717) is 11.4 Å². The van der Waals surface area contributed by atoms with Crippen LogP contribution in [0.15, 0.2) is 42.5 Å². The van der Waals surface area contributed by atoms with Crippen LogP contribution in [0.4, 0.5) is 4.39 Å². The van der Waals surface area contributed by atoms with E-state index in [1.165, 1.54) is 19.2 Å². The summed E-state index contributed by atoms with van der Waals surface area (Å²) in [7, 11) is 1.51. The van der Waals surface area contributed by atoms with Crippen LogP contribution in [-0.4, -0.2) is 75.7 Å². The molecule has 2 rings (SSSR count). The molecule has 0 aliphatic carbocycles. The van der Waals surface area contributed by atoms with Gasteiger partial charge in [-0.3, -0.25) is 10.0 Å². The standard InChI is InChI=1S/C19H21ClFNO3.K/c1-12-9-15(20)6-3-14(12)10-17(13-4-7-16(21)8-5-13)18(25-2)11-19(23)22-24;/h3-9,17-18,24H,10-11H2,1-2H3,(H,22,23);/t17-,18-;/m1./s1. The minimum absolute atomic E-state index is 0. The molecule has 4 nitrogen and oxygen atoms in total. The maximum atomic E-state index is 13.3. The van der Waals surface area contributed by atoms with Gasteiger partial charge in [-0.15, -0.1) is 0 Å².